The van der Waals surface area contributed by atoms with E-state index in [-0.39, 0.29) is 52.6 Å². The average molecular weight is 893 g/mol. The molecule has 0 unspecified atom stereocenters. The van der Waals surface area contributed by atoms with Crippen molar-refractivity contribution in [1.29, 1.82) is 0 Å². The van der Waals surface area contributed by atoms with E-state index < -0.39 is 5.97 Å². The van der Waals surface area contributed by atoms with Gasteiger partial charge in [0.05, 0.1) is 6.42 Å². The molecule has 0 radical (unpaired) electrons. The Balaban J connectivity index is 0.000000370. The van der Waals surface area contributed by atoms with Crippen LogP contribution in [0.25, 0.3) is 0 Å². The number of rotatable bonds is 19. The molecule has 2 aromatic carbocycles. The number of aryl methyl sites for hydroxylation is 2. The van der Waals surface area contributed by atoms with Crippen LogP contribution in [-0.4, -0.2) is 102 Å². The number of carboxylic acid groups (broad SMARTS) is 1. The summed E-state index contributed by atoms with van der Waals surface area (Å²) in [6, 6.07) is 20.2. The molecule has 2 aromatic heterocycles. The zero-order valence-corrected chi connectivity index (χ0v) is 42.0. The maximum Gasteiger partial charge on any atom is 0.303 e. The molecule has 0 aliphatic rings. The van der Waals surface area contributed by atoms with Gasteiger partial charge in [0.25, 0.3) is 0 Å². The molecule has 4 N–H and O–H groups in total. The number of amides is 1. The van der Waals surface area contributed by atoms with Crippen LogP contribution in [0.5, 0.6) is 0 Å². The number of aromatic nitrogens is 2. The fourth-order valence-electron chi connectivity index (χ4n) is 7.70. The van der Waals surface area contributed by atoms with Crippen LogP contribution in [-0.2, 0) is 22.4 Å². The molecule has 2 heterocycles. The van der Waals surface area contributed by atoms with Gasteiger partial charge in [-0.3, -0.25) is 29.1 Å². The van der Waals surface area contributed by atoms with E-state index in [1.165, 1.54) is 16.7 Å². The van der Waals surface area contributed by atoms with Gasteiger partial charge in [-0.2, -0.15) is 0 Å². The maximum absolute atomic E-state index is 12.9. The molecule has 0 saturated carbocycles. The Kier molecular flexibility index (Phi) is 23.1. The molecule has 65 heavy (non-hydrogen) atoms. The number of likely N-dealkylation sites (N-methyl/N-ethyl adjacent to an activating group) is 2. The van der Waals surface area contributed by atoms with Crippen molar-refractivity contribution in [1.82, 2.24) is 25.1 Å². The van der Waals surface area contributed by atoms with Crippen molar-refractivity contribution in [2.24, 2.45) is 16.6 Å². The molecule has 1 amide bonds. The van der Waals surface area contributed by atoms with Gasteiger partial charge >= 0.3 is 5.97 Å². The first-order chi connectivity index (χ1) is 30.4. The van der Waals surface area contributed by atoms with E-state index in [2.05, 4.69) is 77.9 Å². The Bertz CT molecular complexity index is 2090. The first-order valence-electron chi connectivity index (χ1n) is 23.0. The molecule has 11 heteroatoms. The lowest BCUT2D eigenvalue weighted by atomic mass is 9.75. The normalized spacial score (nSPS) is 13.4. The Morgan fingerprint density at radius 1 is 0.662 bits per heavy atom. The summed E-state index contributed by atoms with van der Waals surface area (Å²) in [5, 5.41) is 12.0. The molecule has 0 spiro atoms. The number of aliphatic carboxylic acids is 1. The number of ketones is 2. The molecule has 0 aliphatic heterocycles. The number of nitrogens with two attached hydrogens (primary N) is 1. The lowest BCUT2D eigenvalue weighted by Gasteiger charge is -2.31. The van der Waals surface area contributed by atoms with Crippen molar-refractivity contribution in [3.63, 3.8) is 0 Å². The van der Waals surface area contributed by atoms with Crippen molar-refractivity contribution in [3.8, 4) is 0 Å². The SMILES string of the molecule is CC(C)(C)[C@H](CC(=O)O)c1cccnc1.CCC(=O)c1ccc(C[C@@H](CN)N(C)C)c(C)c1.CCC(=O)c1ccc(C[C@@H](CNC(=O)C[C@H](c2cccnc2)C(C)(C)C)N(C)C)c(C)c1. The molecule has 356 valence electrons. The molecule has 0 aliphatic carbocycles. The van der Waals surface area contributed by atoms with Crippen molar-refractivity contribution >= 4 is 23.4 Å². The van der Waals surface area contributed by atoms with E-state index in [1.54, 1.807) is 18.6 Å². The monoisotopic (exact) mass is 893 g/mol. The van der Waals surface area contributed by atoms with Gasteiger partial charge in [-0.25, -0.2) is 0 Å². The van der Waals surface area contributed by atoms with Crippen molar-refractivity contribution in [3.05, 3.63) is 130 Å². The number of benzene rings is 2. The van der Waals surface area contributed by atoms with Crippen LogP contribution >= 0.6 is 0 Å². The first kappa shape index (κ1) is 56.0. The third-order valence-corrected chi connectivity index (χ3v) is 12.2. The summed E-state index contributed by atoms with van der Waals surface area (Å²) in [5.41, 5.74) is 14.1. The largest absolute Gasteiger partial charge is 0.481 e. The van der Waals surface area contributed by atoms with Crippen LogP contribution in [0.1, 0.15) is 147 Å². The number of Topliss-reactive ketones (excluding diaryl/α,β-unsaturated/α-hetero) is 2. The van der Waals surface area contributed by atoms with Gasteiger partial charge in [-0.1, -0.05) is 91.8 Å². The quantitative estimate of drug-likeness (QED) is 0.0775. The highest BCUT2D eigenvalue weighted by Crippen LogP contribution is 2.38. The van der Waals surface area contributed by atoms with Crippen LogP contribution in [0.15, 0.2) is 85.5 Å². The highest BCUT2D eigenvalue weighted by atomic mass is 16.4. The molecule has 4 atom stereocenters. The fourth-order valence-corrected chi connectivity index (χ4v) is 7.70. The Hall–Kier alpha value is -5.10. The maximum atomic E-state index is 12.9. The zero-order chi connectivity index (χ0) is 49.1. The van der Waals surface area contributed by atoms with Gasteiger partial charge in [0.1, 0.15) is 0 Å². The number of nitrogens with one attached hydrogen (secondary N) is 1. The van der Waals surface area contributed by atoms with E-state index in [1.807, 2.05) is 111 Å². The number of hydrogen-bond acceptors (Lipinski definition) is 9. The van der Waals surface area contributed by atoms with Crippen LogP contribution in [0, 0.1) is 24.7 Å². The van der Waals surface area contributed by atoms with Gasteiger partial charge in [0.15, 0.2) is 11.6 Å². The third-order valence-electron chi connectivity index (χ3n) is 12.2. The van der Waals surface area contributed by atoms with Crippen molar-refractivity contribution < 1.29 is 24.3 Å². The molecule has 4 rings (SSSR count). The minimum absolute atomic E-state index is 0.00343. The molecule has 11 nitrogen and oxygen atoms in total. The number of carbonyl (C=O) groups excluding carboxylic acids is 3. The predicted octanol–water partition coefficient (Wildman–Crippen LogP) is 9.50. The minimum atomic E-state index is -0.765. The van der Waals surface area contributed by atoms with Crippen LogP contribution in [0.2, 0.25) is 0 Å². The number of carbonyl (C=O) groups is 4. The molecule has 0 saturated heterocycles. The molecule has 0 bridgehead atoms. The Morgan fingerprint density at radius 3 is 1.40 bits per heavy atom. The average Bonchev–Trinajstić information content (AvgIpc) is 3.25. The standard InChI is InChI=1S/C27H39N3O2.C15H24N2O.C12H17NO2/c1-8-25(31)21-12-11-20(19(2)14-21)15-23(30(6)7)18-29-26(32)16-24(27(3,4)5)22-10-9-13-28-17-22;1-5-15(18)13-7-6-12(11(2)8-13)9-14(10-16)17(3)4;1-12(2,3)10(7-11(14)15)9-5-4-6-13-8-9/h9-14,17,23-24H,8,15-16,18H2,1-7H3,(H,29,32);6-8,14H,5,9-10,16H2,1-4H3;4-6,8,10H,7H2,1-3H3,(H,14,15)/t23-,24+;14-;10-/m001/s1. The van der Waals surface area contributed by atoms with E-state index in [0.717, 1.165) is 40.7 Å². The van der Waals surface area contributed by atoms with E-state index >= 15 is 0 Å². The summed E-state index contributed by atoms with van der Waals surface area (Å²) in [6.45, 7) is 21.7. The topological polar surface area (TPSA) is 159 Å². The summed E-state index contributed by atoms with van der Waals surface area (Å²) in [4.78, 5) is 59.9. The highest BCUT2D eigenvalue weighted by Gasteiger charge is 2.30. The second-order valence-corrected chi connectivity index (χ2v) is 19.7. The number of nitrogens with zero attached hydrogens (tertiary/aromatic N) is 4. The Morgan fingerprint density at radius 2 is 1.08 bits per heavy atom. The van der Waals surface area contributed by atoms with Gasteiger partial charge in [0.2, 0.25) is 5.91 Å². The van der Waals surface area contributed by atoms with Gasteiger partial charge in [-0.05, 0) is 129 Å². The van der Waals surface area contributed by atoms with E-state index in [9.17, 15) is 19.2 Å². The van der Waals surface area contributed by atoms with Crippen molar-refractivity contribution in [2.75, 3.05) is 41.3 Å². The van der Waals surface area contributed by atoms with Gasteiger partial charge in [-0.15, -0.1) is 0 Å². The summed E-state index contributed by atoms with van der Waals surface area (Å²) < 4.78 is 0. The third kappa shape index (κ3) is 19.1. The van der Waals surface area contributed by atoms with Crippen LogP contribution in [0.3, 0.4) is 0 Å². The van der Waals surface area contributed by atoms with E-state index in [0.29, 0.717) is 38.4 Å². The number of pyridine rings is 2. The number of carboxylic acids is 1. The second kappa shape index (κ2) is 26.8. The van der Waals surface area contributed by atoms with Gasteiger partial charge < -0.3 is 26.0 Å². The predicted molar refractivity (Wildman–Crippen MR) is 266 cm³/mol. The summed E-state index contributed by atoms with van der Waals surface area (Å²) in [6.07, 6.45) is 10.5. The minimum Gasteiger partial charge on any atom is -0.481 e. The Labute approximate surface area is 391 Å². The smallest absolute Gasteiger partial charge is 0.303 e. The molecular formula is C54H80N6O5. The van der Waals surface area contributed by atoms with Crippen molar-refractivity contribution in [2.45, 2.75) is 132 Å². The summed E-state index contributed by atoms with van der Waals surface area (Å²) in [5.74, 6) is -0.241. The number of hydrogen-bond donors (Lipinski definition) is 3. The van der Waals surface area contributed by atoms with Crippen LogP contribution < -0.4 is 11.1 Å². The summed E-state index contributed by atoms with van der Waals surface area (Å²) >= 11 is 0. The second-order valence-electron chi connectivity index (χ2n) is 19.7. The molecule has 0 fully saturated rings. The van der Waals surface area contributed by atoms with E-state index in [4.69, 9.17) is 10.8 Å². The molecular weight excluding hydrogens is 813 g/mol. The van der Waals surface area contributed by atoms with Crippen LogP contribution in [0.4, 0.5) is 0 Å². The summed E-state index contributed by atoms with van der Waals surface area (Å²) in [7, 11) is 8.16. The zero-order valence-electron chi connectivity index (χ0n) is 42.0. The fraction of sp³-hybridized carbons (Fsp3) is 0.519. The first-order valence-corrected chi connectivity index (χ1v) is 23.0. The lowest BCUT2D eigenvalue weighted by Crippen LogP contribution is -2.42. The molecule has 4 aromatic rings. The van der Waals surface area contributed by atoms with Gasteiger partial charge in [0, 0.05) is 86.3 Å². The highest BCUT2D eigenvalue weighted by molar-refractivity contribution is 5.96. The lowest BCUT2D eigenvalue weighted by molar-refractivity contribution is -0.138.